The number of hydrogen-bond acceptors (Lipinski definition) is 6. The summed E-state index contributed by atoms with van der Waals surface area (Å²) in [7, 11) is 1.26. The first-order valence-electron chi connectivity index (χ1n) is 15.9. The van der Waals surface area contributed by atoms with Gasteiger partial charge in [-0.25, -0.2) is 14.8 Å². The normalized spacial score (nSPS) is 11.0. The van der Waals surface area contributed by atoms with Gasteiger partial charge in [0.05, 0.1) is 44.0 Å². The van der Waals surface area contributed by atoms with E-state index in [1.165, 1.54) is 7.11 Å². The number of nitrogens with zero attached hydrogens (tertiary/aromatic N) is 4. The molecule has 5 aromatic rings. The number of imidazole rings is 2. The number of amides is 3. The van der Waals surface area contributed by atoms with Crippen LogP contribution in [-0.2, 0) is 27.4 Å². The monoisotopic (exact) mass is 635 g/mol. The molecule has 244 valence electrons. The number of benzene rings is 3. The zero-order chi connectivity index (χ0) is 33.3. The quantitative estimate of drug-likeness (QED) is 0.142. The van der Waals surface area contributed by atoms with E-state index in [9.17, 15) is 14.4 Å². The van der Waals surface area contributed by atoms with Gasteiger partial charge in [-0.3, -0.25) is 9.59 Å². The third kappa shape index (κ3) is 8.23. The minimum Gasteiger partial charge on any atom is -0.453 e. The molecule has 2 heterocycles. The Balaban J connectivity index is 1.26. The molecule has 47 heavy (non-hydrogen) atoms. The van der Waals surface area contributed by atoms with Crippen molar-refractivity contribution in [1.29, 1.82) is 0 Å². The molecular formula is C36H41N7O4. The Kier molecular flexibility index (Phi) is 10.7. The van der Waals surface area contributed by atoms with Crippen molar-refractivity contribution in [2.45, 2.75) is 46.7 Å². The van der Waals surface area contributed by atoms with Gasteiger partial charge in [-0.15, -0.1) is 0 Å². The second-order valence-electron chi connectivity index (χ2n) is 11.4. The van der Waals surface area contributed by atoms with E-state index in [2.05, 4.69) is 97.6 Å². The first-order chi connectivity index (χ1) is 22.8. The lowest BCUT2D eigenvalue weighted by molar-refractivity contribution is -0.131. The first kappa shape index (κ1) is 32.9. The van der Waals surface area contributed by atoms with Gasteiger partial charge >= 0.3 is 6.09 Å². The summed E-state index contributed by atoms with van der Waals surface area (Å²) in [5.74, 6) is 1.27. The summed E-state index contributed by atoms with van der Waals surface area (Å²) in [6, 6.07) is 21.1. The van der Waals surface area contributed by atoms with Gasteiger partial charge in [-0.2, -0.15) is 0 Å². The van der Waals surface area contributed by atoms with Crippen molar-refractivity contribution in [1.82, 2.24) is 35.1 Å². The largest absolute Gasteiger partial charge is 0.453 e. The summed E-state index contributed by atoms with van der Waals surface area (Å²) in [5.41, 5.74) is 6.02. The predicted octanol–water partition coefficient (Wildman–Crippen LogP) is 6.14. The van der Waals surface area contributed by atoms with E-state index in [-0.39, 0.29) is 18.4 Å². The van der Waals surface area contributed by atoms with Crippen LogP contribution in [0.2, 0.25) is 0 Å². The molecule has 0 fully saturated rings. The van der Waals surface area contributed by atoms with Gasteiger partial charge in [0.15, 0.2) is 0 Å². The molecule has 0 spiro atoms. The molecule has 0 aliphatic carbocycles. The predicted molar refractivity (Wildman–Crippen MR) is 182 cm³/mol. The van der Waals surface area contributed by atoms with E-state index in [4.69, 9.17) is 0 Å². The Labute approximate surface area is 274 Å². The van der Waals surface area contributed by atoms with Gasteiger partial charge in [0, 0.05) is 25.6 Å². The minimum atomic E-state index is -0.641. The molecule has 11 heteroatoms. The molecule has 11 nitrogen and oxygen atoms in total. The number of carbonyl (C=O) groups excluding carboxylic acids is 3. The van der Waals surface area contributed by atoms with E-state index >= 15 is 0 Å². The van der Waals surface area contributed by atoms with Gasteiger partial charge in [-0.1, -0.05) is 62.4 Å². The van der Waals surface area contributed by atoms with Crippen LogP contribution in [0.1, 0.15) is 45.3 Å². The molecule has 0 aliphatic rings. The summed E-state index contributed by atoms with van der Waals surface area (Å²) in [4.78, 5) is 55.1. The number of ether oxygens (including phenoxy) is 1. The van der Waals surface area contributed by atoms with Crippen molar-refractivity contribution in [2.75, 3.05) is 26.7 Å². The number of H-pyrrole nitrogens is 2. The average molecular weight is 636 g/mol. The lowest BCUT2D eigenvalue weighted by Gasteiger charge is -2.21. The molecule has 2 aromatic heterocycles. The maximum atomic E-state index is 12.7. The number of hydrogen-bond donors (Lipinski definition) is 3. The van der Waals surface area contributed by atoms with E-state index < -0.39 is 6.09 Å². The molecule has 0 unspecified atom stereocenters. The average Bonchev–Trinajstić information content (AvgIpc) is 3.76. The number of rotatable bonds is 13. The number of methoxy groups -OCH3 is 1. The lowest BCUT2D eigenvalue weighted by atomic mass is 9.98. The summed E-state index contributed by atoms with van der Waals surface area (Å²) >= 11 is 0. The Hall–Kier alpha value is -5.45. The number of aromatic nitrogens is 4. The van der Waals surface area contributed by atoms with Crippen molar-refractivity contribution in [2.24, 2.45) is 0 Å². The molecule has 0 atom stereocenters. The zero-order valence-electron chi connectivity index (χ0n) is 27.3. The Bertz CT molecular complexity index is 1840. The third-order valence-corrected chi connectivity index (χ3v) is 7.97. The molecule has 0 saturated heterocycles. The van der Waals surface area contributed by atoms with Crippen LogP contribution in [-0.4, -0.2) is 74.4 Å². The third-order valence-electron chi connectivity index (χ3n) is 7.97. The van der Waals surface area contributed by atoms with Crippen LogP contribution < -0.4 is 5.32 Å². The zero-order valence-corrected chi connectivity index (χ0v) is 27.3. The van der Waals surface area contributed by atoms with Crippen LogP contribution in [0, 0.1) is 0 Å². The summed E-state index contributed by atoms with van der Waals surface area (Å²) < 4.78 is 4.56. The summed E-state index contributed by atoms with van der Waals surface area (Å²) in [6.07, 6.45) is 4.63. The van der Waals surface area contributed by atoms with Gasteiger partial charge in [0.25, 0.3) is 0 Å². The van der Waals surface area contributed by atoms with Crippen LogP contribution in [0.25, 0.3) is 44.4 Å². The van der Waals surface area contributed by atoms with Crippen molar-refractivity contribution in [3.63, 3.8) is 0 Å². The highest BCUT2D eigenvalue weighted by Gasteiger charge is 2.17. The summed E-state index contributed by atoms with van der Waals surface area (Å²) in [5, 5.41) is 4.66. The topological polar surface area (TPSA) is 136 Å². The highest BCUT2D eigenvalue weighted by Crippen LogP contribution is 2.29. The van der Waals surface area contributed by atoms with Crippen molar-refractivity contribution in [3.8, 4) is 33.6 Å². The first-order valence-corrected chi connectivity index (χ1v) is 15.9. The SMILES string of the molecule is CCCN(Cc1ncc(-c2ccc(-c3ccc4cc(-c5cnc(CN(CCC)C(=O)CNC(=O)OC)[nH]5)ccc4c3)cc2)[nH]1)C(C)=O. The summed E-state index contributed by atoms with van der Waals surface area (Å²) in [6.45, 7) is 7.53. The van der Waals surface area contributed by atoms with E-state index in [1.807, 2.05) is 13.1 Å². The molecule has 3 amide bonds. The number of aromatic amines is 2. The molecule has 5 rings (SSSR count). The second-order valence-corrected chi connectivity index (χ2v) is 11.4. The highest BCUT2D eigenvalue weighted by atomic mass is 16.5. The maximum absolute atomic E-state index is 12.7. The molecule has 0 aliphatic heterocycles. The fourth-order valence-electron chi connectivity index (χ4n) is 5.49. The van der Waals surface area contributed by atoms with E-state index in [1.54, 1.807) is 22.9 Å². The van der Waals surface area contributed by atoms with E-state index in [0.717, 1.165) is 63.1 Å². The van der Waals surface area contributed by atoms with Crippen LogP contribution in [0.3, 0.4) is 0 Å². The molecule has 3 aromatic carbocycles. The Morgan fingerprint density at radius 3 is 1.83 bits per heavy atom. The van der Waals surface area contributed by atoms with Crippen LogP contribution in [0.5, 0.6) is 0 Å². The van der Waals surface area contributed by atoms with Gasteiger partial charge < -0.3 is 29.8 Å². The highest BCUT2D eigenvalue weighted by molar-refractivity contribution is 5.90. The molecule has 3 N–H and O–H groups in total. The van der Waals surface area contributed by atoms with Gasteiger partial charge in [-0.05, 0) is 52.4 Å². The molecule has 0 bridgehead atoms. The molecule has 0 radical (unpaired) electrons. The fraction of sp³-hybridized carbons (Fsp3) is 0.306. The standard InChI is InChI=1S/C36H41N7O4/c1-5-15-42(24(3)44)22-33-37-19-31(40-33)26-9-7-25(8-10-26)27-11-12-29-18-30(14-13-28(29)17-27)32-20-38-34(41-32)23-43(16-6-2)35(45)21-39-36(46)47-4/h7-14,17-20H,5-6,15-16,21-23H2,1-4H3,(H,37,40)(H,38,41)(H,39,46). The van der Waals surface area contributed by atoms with E-state index in [0.29, 0.717) is 32.0 Å². The van der Waals surface area contributed by atoms with Crippen LogP contribution in [0.4, 0.5) is 4.79 Å². The Morgan fingerprint density at radius 1 is 0.723 bits per heavy atom. The van der Waals surface area contributed by atoms with Crippen molar-refractivity contribution in [3.05, 3.63) is 84.7 Å². The van der Waals surface area contributed by atoms with Gasteiger partial charge in [0.1, 0.15) is 18.2 Å². The van der Waals surface area contributed by atoms with Crippen LogP contribution in [0.15, 0.2) is 73.1 Å². The fourth-order valence-corrected chi connectivity index (χ4v) is 5.49. The van der Waals surface area contributed by atoms with Gasteiger partial charge in [0.2, 0.25) is 11.8 Å². The second kappa shape index (κ2) is 15.2. The number of nitrogens with one attached hydrogen (secondary N) is 3. The van der Waals surface area contributed by atoms with Crippen molar-refractivity contribution < 1.29 is 19.1 Å². The van der Waals surface area contributed by atoms with Crippen LogP contribution >= 0.6 is 0 Å². The number of fused-ring (bicyclic) bond motifs is 1. The number of alkyl carbamates (subject to hydrolysis) is 1. The Morgan fingerprint density at radius 2 is 1.23 bits per heavy atom. The molecular weight excluding hydrogens is 594 g/mol. The smallest absolute Gasteiger partial charge is 0.407 e. The minimum absolute atomic E-state index is 0.0451. The maximum Gasteiger partial charge on any atom is 0.407 e. The molecule has 0 saturated carbocycles. The lowest BCUT2D eigenvalue weighted by Crippen LogP contribution is -2.40. The number of carbonyl (C=O) groups is 3. The van der Waals surface area contributed by atoms with Crippen molar-refractivity contribution >= 4 is 28.7 Å².